The van der Waals surface area contributed by atoms with Gasteiger partial charge < -0.3 is 19.9 Å². The predicted molar refractivity (Wildman–Crippen MR) is 109 cm³/mol. The molecule has 1 aliphatic carbocycles. The maximum absolute atomic E-state index is 12.1. The van der Waals surface area contributed by atoms with Crippen molar-refractivity contribution in [2.75, 3.05) is 46.9 Å². The summed E-state index contributed by atoms with van der Waals surface area (Å²) < 4.78 is 5.54. The molecule has 1 saturated carbocycles. The molecule has 0 spiro atoms. The van der Waals surface area contributed by atoms with Gasteiger partial charge in [-0.15, -0.1) is 0 Å². The van der Waals surface area contributed by atoms with Gasteiger partial charge >= 0.3 is 0 Å². The number of hydrogen-bond donors (Lipinski definition) is 1. The van der Waals surface area contributed by atoms with Crippen molar-refractivity contribution in [1.82, 2.24) is 15.1 Å². The van der Waals surface area contributed by atoms with Crippen molar-refractivity contribution in [2.45, 2.75) is 57.9 Å². The molecule has 1 N–H and O–H groups in total. The molecule has 6 nitrogen and oxygen atoms in total. The third kappa shape index (κ3) is 5.59. The average Bonchev–Trinajstić information content (AvgIpc) is 3.17. The number of amides is 1. The van der Waals surface area contributed by atoms with Gasteiger partial charge in [0.05, 0.1) is 0 Å². The highest BCUT2D eigenvalue weighted by molar-refractivity contribution is 5.85. The molecule has 27 heavy (non-hydrogen) atoms. The highest BCUT2D eigenvalue weighted by Crippen LogP contribution is 2.31. The van der Waals surface area contributed by atoms with Gasteiger partial charge in [0, 0.05) is 46.4 Å². The largest absolute Gasteiger partial charge is 0.381 e. The number of rotatable bonds is 4. The molecule has 3 fully saturated rings. The summed E-state index contributed by atoms with van der Waals surface area (Å²) in [6.07, 6.45) is 8.73. The molecule has 2 saturated heterocycles. The summed E-state index contributed by atoms with van der Waals surface area (Å²) in [7, 11) is 3.59. The van der Waals surface area contributed by atoms with Gasteiger partial charge in [0.25, 0.3) is 0 Å². The lowest BCUT2D eigenvalue weighted by Gasteiger charge is -2.34. The fourth-order valence-corrected chi connectivity index (χ4v) is 4.77. The maximum Gasteiger partial charge on any atom is 0.243 e. The second-order valence-electron chi connectivity index (χ2n) is 8.89. The average molecular weight is 379 g/mol. The monoisotopic (exact) mass is 378 g/mol. The number of likely N-dealkylation sites (N-methyl/N-ethyl adjacent to an activating group) is 1. The van der Waals surface area contributed by atoms with Crippen LogP contribution in [0.5, 0.6) is 0 Å². The first-order valence-corrected chi connectivity index (χ1v) is 10.9. The van der Waals surface area contributed by atoms with Crippen LogP contribution in [0.3, 0.4) is 0 Å². The number of guanidine groups is 1. The van der Waals surface area contributed by atoms with Crippen LogP contribution in [-0.4, -0.2) is 74.7 Å². The van der Waals surface area contributed by atoms with E-state index in [0.29, 0.717) is 12.0 Å². The first-order chi connectivity index (χ1) is 13.0. The third-order valence-electron chi connectivity index (χ3n) is 6.75. The smallest absolute Gasteiger partial charge is 0.243 e. The molecule has 3 unspecified atom stereocenters. The van der Waals surface area contributed by atoms with Crippen molar-refractivity contribution in [3.63, 3.8) is 0 Å². The van der Waals surface area contributed by atoms with E-state index in [4.69, 9.17) is 9.73 Å². The Labute approximate surface area is 164 Å². The van der Waals surface area contributed by atoms with Gasteiger partial charge in [0.1, 0.15) is 6.54 Å². The van der Waals surface area contributed by atoms with E-state index in [-0.39, 0.29) is 12.5 Å². The first kappa shape index (κ1) is 20.4. The van der Waals surface area contributed by atoms with Crippen LogP contribution in [0.15, 0.2) is 4.99 Å². The Balaban J connectivity index is 1.65. The fourth-order valence-electron chi connectivity index (χ4n) is 4.77. The second kappa shape index (κ2) is 9.76. The van der Waals surface area contributed by atoms with Gasteiger partial charge in [-0.2, -0.15) is 0 Å². The van der Waals surface area contributed by atoms with Crippen molar-refractivity contribution >= 4 is 11.9 Å². The number of nitrogens with zero attached hydrogens (tertiary/aromatic N) is 3. The summed E-state index contributed by atoms with van der Waals surface area (Å²) in [4.78, 5) is 20.9. The SMILES string of the molecule is CC1CCCCC1NC(=NCC(=O)N(C)C)N1CCC(C2CCOCC2)C1. The Morgan fingerprint density at radius 2 is 1.85 bits per heavy atom. The maximum atomic E-state index is 12.1. The fraction of sp³-hybridized carbons (Fsp3) is 0.905. The Morgan fingerprint density at radius 3 is 2.56 bits per heavy atom. The number of ether oxygens (including phenoxy) is 1. The number of carbonyl (C=O) groups is 1. The van der Waals surface area contributed by atoms with Crippen molar-refractivity contribution in [3.8, 4) is 0 Å². The van der Waals surface area contributed by atoms with Crippen LogP contribution >= 0.6 is 0 Å². The van der Waals surface area contributed by atoms with E-state index in [2.05, 4.69) is 17.1 Å². The van der Waals surface area contributed by atoms with Crippen LogP contribution in [0.4, 0.5) is 0 Å². The van der Waals surface area contributed by atoms with E-state index in [9.17, 15) is 4.79 Å². The molecule has 2 aliphatic heterocycles. The molecule has 0 aromatic heterocycles. The van der Waals surface area contributed by atoms with E-state index in [1.54, 1.807) is 19.0 Å². The Kier molecular flexibility index (Phi) is 7.39. The van der Waals surface area contributed by atoms with E-state index < -0.39 is 0 Å². The number of aliphatic imine (C=N–C) groups is 1. The predicted octanol–water partition coefficient (Wildman–Crippen LogP) is 2.35. The number of hydrogen-bond acceptors (Lipinski definition) is 3. The normalized spacial score (nSPS) is 30.4. The zero-order valence-corrected chi connectivity index (χ0v) is 17.5. The van der Waals surface area contributed by atoms with Crippen LogP contribution in [-0.2, 0) is 9.53 Å². The molecule has 154 valence electrons. The Hall–Kier alpha value is -1.30. The second-order valence-corrected chi connectivity index (χ2v) is 8.89. The molecular weight excluding hydrogens is 340 g/mol. The van der Waals surface area contributed by atoms with Crippen LogP contribution in [0.25, 0.3) is 0 Å². The van der Waals surface area contributed by atoms with E-state index >= 15 is 0 Å². The molecule has 0 bridgehead atoms. The molecule has 2 heterocycles. The van der Waals surface area contributed by atoms with Gasteiger partial charge in [-0.25, -0.2) is 4.99 Å². The molecule has 0 aromatic rings. The lowest BCUT2D eigenvalue weighted by atomic mass is 9.85. The van der Waals surface area contributed by atoms with Crippen molar-refractivity contribution in [2.24, 2.45) is 22.7 Å². The standard InChI is InChI=1S/C21H38N4O2/c1-16-6-4-5-7-19(16)23-21(22-14-20(26)24(2)3)25-11-8-18(15-25)17-9-12-27-13-10-17/h16-19H,4-15H2,1-3H3,(H,22,23). The molecular formula is C21H38N4O2. The molecule has 1 amide bonds. The molecule has 3 rings (SSSR count). The van der Waals surface area contributed by atoms with Gasteiger partial charge in [0.2, 0.25) is 5.91 Å². The van der Waals surface area contributed by atoms with Crippen LogP contribution < -0.4 is 5.32 Å². The zero-order chi connectivity index (χ0) is 19.2. The lowest BCUT2D eigenvalue weighted by Crippen LogP contribution is -2.49. The third-order valence-corrected chi connectivity index (χ3v) is 6.75. The van der Waals surface area contributed by atoms with E-state index in [0.717, 1.165) is 44.1 Å². The summed E-state index contributed by atoms with van der Waals surface area (Å²) in [6, 6.07) is 0.481. The summed E-state index contributed by atoms with van der Waals surface area (Å²) in [5, 5.41) is 3.75. The topological polar surface area (TPSA) is 57.2 Å². The Bertz CT molecular complexity index is 516. The highest BCUT2D eigenvalue weighted by Gasteiger charge is 2.33. The summed E-state index contributed by atoms with van der Waals surface area (Å²) >= 11 is 0. The molecule has 0 aromatic carbocycles. The van der Waals surface area contributed by atoms with Gasteiger partial charge in [0.15, 0.2) is 5.96 Å². The van der Waals surface area contributed by atoms with Crippen LogP contribution in [0, 0.1) is 17.8 Å². The minimum absolute atomic E-state index is 0.0613. The quantitative estimate of drug-likeness (QED) is 0.603. The van der Waals surface area contributed by atoms with Crippen molar-refractivity contribution in [3.05, 3.63) is 0 Å². The summed E-state index contributed by atoms with van der Waals surface area (Å²) in [5.41, 5.74) is 0. The molecule has 3 atom stereocenters. The summed E-state index contributed by atoms with van der Waals surface area (Å²) in [5.74, 6) is 3.20. The van der Waals surface area contributed by atoms with Gasteiger partial charge in [-0.1, -0.05) is 19.8 Å². The molecule has 6 heteroatoms. The highest BCUT2D eigenvalue weighted by atomic mass is 16.5. The minimum Gasteiger partial charge on any atom is -0.381 e. The van der Waals surface area contributed by atoms with E-state index in [1.165, 1.54) is 44.9 Å². The number of nitrogens with one attached hydrogen (secondary N) is 1. The van der Waals surface area contributed by atoms with Crippen molar-refractivity contribution in [1.29, 1.82) is 0 Å². The molecule has 0 radical (unpaired) electrons. The van der Waals surface area contributed by atoms with Crippen LogP contribution in [0.1, 0.15) is 51.9 Å². The number of likely N-dealkylation sites (tertiary alicyclic amines) is 1. The lowest BCUT2D eigenvalue weighted by molar-refractivity contribution is -0.127. The minimum atomic E-state index is 0.0613. The van der Waals surface area contributed by atoms with Gasteiger partial charge in [-0.05, 0) is 49.9 Å². The zero-order valence-electron chi connectivity index (χ0n) is 17.5. The molecule has 3 aliphatic rings. The Morgan fingerprint density at radius 1 is 1.11 bits per heavy atom. The first-order valence-electron chi connectivity index (χ1n) is 10.9. The van der Waals surface area contributed by atoms with Crippen LogP contribution in [0.2, 0.25) is 0 Å². The van der Waals surface area contributed by atoms with E-state index in [1.807, 2.05) is 0 Å². The van der Waals surface area contributed by atoms with Crippen molar-refractivity contribution < 1.29 is 9.53 Å². The van der Waals surface area contributed by atoms with Gasteiger partial charge in [-0.3, -0.25) is 4.79 Å². The summed E-state index contributed by atoms with van der Waals surface area (Å²) in [6.45, 7) is 6.51. The number of carbonyl (C=O) groups excluding carboxylic acids is 1.